The minimum absolute atomic E-state index is 0.845. The molecule has 0 aliphatic carbocycles. The molecule has 0 saturated heterocycles. The van der Waals surface area contributed by atoms with Crippen LogP contribution in [0.4, 0.5) is 0 Å². The van der Waals surface area contributed by atoms with Gasteiger partial charge in [-0.05, 0) is 6.42 Å². The van der Waals surface area contributed by atoms with Crippen LogP contribution in [-0.4, -0.2) is 11.3 Å². The van der Waals surface area contributed by atoms with Gasteiger partial charge >= 0.3 is 0 Å². The molecule has 0 aromatic heterocycles. The van der Waals surface area contributed by atoms with Crippen LogP contribution in [0.5, 0.6) is 0 Å². The molecule has 0 saturated carbocycles. The van der Waals surface area contributed by atoms with Crippen molar-refractivity contribution in [2.45, 2.75) is 12.8 Å². The predicted molar refractivity (Wildman–Crippen MR) is 34.8 cm³/mol. The van der Waals surface area contributed by atoms with Crippen LogP contribution in [0.25, 0.3) is 0 Å². The molecule has 1 N–H and O–H groups in total. The fourth-order valence-corrected chi connectivity index (χ4v) is 0.407. The number of unbranched alkanes of at least 4 members (excludes halogenated alkanes) is 1. The molecule has 0 aromatic rings. The number of hydrogen-bond acceptors (Lipinski definition) is 0. The van der Waals surface area contributed by atoms with Gasteiger partial charge in [-0.25, -0.2) is 0 Å². The monoisotopic (exact) mass is 112 g/mol. The molecule has 8 heavy (non-hydrogen) atoms. The van der Waals surface area contributed by atoms with E-state index in [1.165, 1.54) is 0 Å². The van der Waals surface area contributed by atoms with E-state index in [-0.39, 0.29) is 0 Å². The summed E-state index contributed by atoms with van der Waals surface area (Å²) in [4.78, 5) is 0. The molecule has 0 bridgehead atoms. The van der Waals surface area contributed by atoms with E-state index in [0.29, 0.717) is 0 Å². The van der Waals surface area contributed by atoms with Crippen LogP contribution in [0, 0.1) is 20.1 Å². The number of hydrogen-bond donors (Lipinski definition) is 0. The fourth-order valence-electron chi connectivity index (χ4n) is 0.407. The molecule has 0 aliphatic rings. The van der Waals surface area contributed by atoms with E-state index < -0.39 is 0 Å². The average Bonchev–Trinajstić information content (AvgIpc) is 1.81. The fraction of sp³-hybridized carbons (Fsp3) is 0.429. The van der Waals surface area contributed by atoms with Crippen molar-refractivity contribution in [3.8, 4) is 0 Å². The summed E-state index contributed by atoms with van der Waals surface area (Å²) in [5.41, 5.74) is 0. The van der Waals surface area contributed by atoms with Gasteiger partial charge in [0.25, 0.3) is 0 Å². The first-order valence-corrected chi connectivity index (χ1v) is 2.68. The van der Waals surface area contributed by atoms with Gasteiger partial charge in [0.05, 0.1) is 6.08 Å². The van der Waals surface area contributed by atoms with E-state index >= 15 is 0 Å². The third kappa shape index (κ3) is 5.48. The molecule has 0 unspecified atom stereocenters. The summed E-state index contributed by atoms with van der Waals surface area (Å²) >= 11 is 0. The molecule has 0 amide bonds. The summed E-state index contributed by atoms with van der Waals surface area (Å²) in [5.74, 6) is 0. The highest BCUT2D eigenvalue weighted by Gasteiger charge is 1.80. The minimum Gasteiger partial charge on any atom is -0.582 e. The molecule has 0 atom stereocenters. The number of rotatable bonds is 4. The number of aliphatic hydroxyl groups is 2. The molecule has 1 heteroatoms. The highest BCUT2D eigenvalue weighted by atomic mass is 16.5. The van der Waals surface area contributed by atoms with E-state index in [1.54, 1.807) is 0 Å². The Labute approximate surface area is 51.4 Å². The van der Waals surface area contributed by atoms with Gasteiger partial charge in [0.2, 0.25) is 0 Å². The van der Waals surface area contributed by atoms with Crippen molar-refractivity contribution in [3.05, 3.63) is 26.2 Å². The second-order valence-corrected chi connectivity index (χ2v) is 1.50. The first kappa shape index (κ1) is 7.48. The Hall–Kier alpha value is -0.520. The van der Waals surface area contributed by atoms with E-state index in [1.807, 2.05) is 6.08 Å². The van der Waals surface area contributed by atoms with Crippen molar-refractivity contribution in [2.75, 3.05) is 6.61 Å². The predicted octanol–water partition coefficient (Wildman–Crippen LogP) is 1.28. The minimum atomic E-state index is 0.845. The van der Waals surface area contributed by atoms with Crippen molar-refractivity contribution < 1.29 is 4.74 Å². The molecule has 1 nitrogen and oxygen atoms in total. The van der Waals surface area contributed by atoms with Crippen LogP contribution in [-0.2, 0) is 0 Å². The maximum Gasteiger partial charge on any atom is 0.118 e. The Kier molecular flexibility index (Phi) is 6.06. The normalized spacial score (nSPS) is 9.62. The summed E-state index contributed by atoms with van der Waals surface area (Å²) in [6, 6.07) is 0. The van der Waals surface area contributed by atoms with Crippen molar-refractivity contribution >= 4 is 0 Å². The lowest BCUT2D eigenvalue weighted by atomic mass is 10.3. The number of ether oxygens (including phenoxy) is 1. The molecular formula is C7H12O. The SMILES string of the molecule is [CH2-]/[C+]=C/CCC[OH+][CH2-]. The lowest BCUT2D eigenvalue weighted by molar-refractivity contribution is 0.0548. The van der Waals surface area contributed by atoms with Crippen molar-refractivity contribution in [1.82, 2.24) is 0 Å². The largest absolute Gasteiger partial charge is 0.582 e. The smallest absolute Gasteiger partial charge is 0.118 e. The van der Waals surface area contributed by atoms with E-state index in [0.717, 1.165) is 19.4 Å². The van der Waals surface area contributed by atoms with Gasteiger partial charge in [-0.1, -0.05) is 7.11 Å². The van der Waals surface area contributed by atoms with Gasteiger partial charge in [-0.15, -0.1) is 0 Å². The molecule has 0 spiro atoms. The van der Waals surface area contributed by atoms with Crippen LogP contribution in [0.15, 0.2) is 6.08 Å². The summed E-state index contributed by atoms with van der Waals surface area (Å²) in [6.45, 7) is 4.28. The van der Waals surface area contributed by atoms with Crippen LogP contribution in [0.1, 0.15) is 12.8 Å². The van der Waals surface area contributed by atoms with Crippen LogP contribution in [0.3, 0.4) is 0 Å². The lowest BCUT2D eigenvalue weighted by Crippen LogP contribution is -1.88. The summed E-state index contributed by atoms with van der Waals surface area (Å²) in [5, 5.41) is 0. The van der Waals surface area contributed by atoms with Gasteiger partial charge in [0.1, 0.15) is 6.61 Å². The van der Waals surface area contributed by atoms with E-state index in [4.69, 9.17) is 0 Å². The molecule has 0 heterocycles. The highest BCUT2D eigenvalue weighted by Crippen LogP contribution is 1.87. The second kappa shape index (κ2) is 6.48. The third-order valence-corrected chi connectivity index (χ3v) is 0.809. The Morgan fingerprint density at radius 1 is 1.62 bits per heavy atom. The zero-order chi connectivity index (χ0) is 6.24. The summed E-state index contributed by atoms with van der Waals surface area (Å²) < 4.78 is 3.69. The van der Waals surface area contributed by atoms with E-state index in [9.17, 15) is 0 Å². The number of allylic oxidation sites excluding steroid dienone is 2. The first-order valence-electron chi connectivity index (χ1n) is 2.68. The van der Waals surface area contributed by atoms with Crippen molar-refractivity contribution in [3.63, 3.8) is 0 Å². The van der Waals surface area contributed by atoms with E-state index in [2.05, 4.69) is 24.8 Å². The second-order valence-electron chi connectivity index (χ2n) is 1.50. The quantitative estimate of drug-likeness (QED) is 0.295. The van der Waals surface area contributed by atoms with Gasteiger partial charge in [-0.2, -0.15) is 0 Å². The summed E-state index contributed by atoms with van der Waals surface area (Å²) in [7, 11) is 3.36. The van der Waals surface area contributed by atoms with Gasteiger partial charge in [0, 0.05) is 19.4 Å². The lowest BCUT2D eigenvalue weighted by Gasteiger charge is -1.94. The van der Waals surface area contributed by atoms with Gasteiger partial charge in [0.15, 0.2) is 0 Å². The molecule has 0 fully saturated rings. The van der Waals surface area contributed by atoms with Gasteiger partial charge < -0.3 is 4.74 Å². The average molecular weight is 112 g/mol. The Balaban J connectivity index is 2.72. The Bertz CT molecular complexity index is 57.4. The molecular weight excluding hydrogens is 100 g/mol. The molecule has 0 radical (unpaired) electrons. The molecule has 46 valence electrons. The maximum atomic E-state index is 3.69. The topological polar surface area (TPSA) is 12.8 Å². The molecule has 0 aliphatic heterocycles. The summed E-state index contributed by atoms with van der Waals surface area (Å²) in [6.07, 6.45) is 6.68. The zero-order valence-corrected chi connectivity index (χ0v) is 5.06. The first-order chi connectivity index (χ1) is 3.91. The molecule has 0 rings (SSSR count). The third-order valence-electron chi connectivity index (χ3n) is 0.809. The van der Waals surface area contributed by atoms with Crippen molar-refractivity contribution in [1.29, 1.82) is 0 Å². The maximum absolute atomic E-state index is 3.69. The van der Waals surface area contributed by atoms with Crippen molar-refractivity contribution in [2.24, 2.45) is 0 Å². The molecule has 0 aromatic carbocycles. The van der Waals surface area contributed by atoms with Gasteiger partial charge in [-0.3, -0.25) is 0 Å². The Morgan fingerprint density at radius 3 is 2.88 bits per heavy atom. The van der Waals surface area contributed by atoms with Crippen LogP contribution < -0.4 is 0 Å². The Morgan fingerprint density at radius 2 is 2.38 bits per heavy atom. The zero-order valence-electron chi connectivity index (χ0n) is 5.06. The standard InChI is InChI=1S/C7H12O/c1-3-4-5-6-7-8-2/h4,8H,1-2,5-7H2. The van der Waals surface area contributed by atoms with Crippen LogP contribution in [0.2, 0.25) is 0 Å². The highest BCUT2D eigenvalue weighted by molar-refractivity contribution is 4.74. The van der Waals surface area contributed by atoms with Crippen LogP contribution >= 0.6 is 0 Å².